The van der Waals surface area contributed by atoms with Crippen LogP contribution in [0.2, 0.25) is 0 Å². The Bertz CT molecular complexity index is 430. The minimum absolute atomic E-state index is 0.749. The zero-order chi connectivity index (χ0) is 12.1. The van der Waals surface area contributed by atoms with Crippen LogP contribution in [0.4, 0.5) is 0 Å². The summed E-state index contributed by atoms with van der Waals surface area (Å²) in [6.07, 6.45) is 5.67. The van der Waals surface area contributed by atoms with Gasteiger partial charge in [-0.1, -0.05) is 17.7 Å². The Labute approximate surface area is 96.9 Å². The molecule has 0 unspecified atom stereocenters. The molecule has 3 heteroatoms. The first-order chi connectivity index (χ1) is 7.56. The molecule has 0 radical (unpaired) electrons. The van der Waals surface area contributed by atoms with Crippen molar-refractivity contribution in [2.45, 2.75) is 27.7 Å². The van der Waals surface area contributed by atoms with Crippen LogP contribution in [0.25, 0.3) is 5.57 Å². The predicted octanol–water partition coefficient (Wildman–Crippen LogP) is 3.16. The third-order valence-corrected chi connectivity index (χ3v) is 2.23. The van der Waals surface area contributed by atoms with Gasteiger partial charge in [-0.05, 0) is 33.3 Å². The van der Waals surface area contributed by atoms with Gasteiger partial charge in [0.25, 0.3) is 0 Å². The van der Waals surface area contributed by atoms with Crippen LogP contribution < -0.4 is 4.74 Å². The summed E-state index contributed by atoms with van der Waals surface area (Å²) in [5.41, 5.74) is 4.04. The van der Waals surface area contributed by atoms with E-state index in [9.17, 15) is 0 Å². The van der Waals surface area contributed by atoms with Crippen LogP contribution in [-0.4, -0.2) is 17.1 Å². The summed E-state index contributed by atoms with van der Waals surface area (Å²) in [6.45, 7) is 8.06. The summed E-state index contributed by atoms with van der Waals surface area (Å²) < 4.78 is 5.32. The lowest BCUT2D eigenvalue weighted by molar-refractivity contribution is 0.405. The highest BCUT2D eigenvalue weighted by Gasteiger charge is 2.09. The third-order valence-electron chi connectivity index (χ3n) is 2.23. The zero-order valence-corrected chi connectivity index (χ0v) is 10.5. The molecule has 0 fully saturated rings. The molecular weight excluding hydrogens is 200 g/mol. The minimum Gasteiger partial charge on any atom is -0.493 e. The molecule has 0 aliphatic carbocycles. The highest BCUT2D eigenvalue weighted by atomic mass is 16.5. The Kier molecular flexibility index (Phi) is 4.23. The molecular formula is C13H18N2O. The lowest BCUT2D eigenvalue weighted by atomic mass is 10.1. The van der Waals surface area contributed by atoms with E-state index in [1.54, 1.807) is 13.4 Å². The van der Waals surface area contributed by atoms with Crippen LogP contribution in [0.3, 0.4) is 0 Å². The second-order valence-corrected chi connectivity index (χ2v) is 3.93. The molecule has 86 valence electrons. The minimum atomic E-state index is 0.749. The molecule has 0 bridgehead atoms. The molecule has 0 aliphatic heterocycles. The number of aromatic nitrogens is 2. The molecule has 1 rings (SSSR count). The average Bonchev–Trinajstić information content (AvgIpc) is 2.25. The Morgan fingerprint density at radius 3 is 2.44 bits per heavy atom. The summed E-state index contributed by atoms with van der Waals surface area (Å²) in [5, 5.41) is 0. The Hall–Kier alpha value is -1.64. The van der Waals surface area contributed by atoms with Gasteiger partial charge in [-0.2, -0.15) is 0 Å². The van der Waals surface area contributed by atoms with Gasteiger partial charge in [0.2, 0.25) is 0 Å². The van der Waals surface area contributed by atoms with Crippen LogP contribution >= 0.6 is 0 Å². The van der Waals surface area contributed by atoms with Crippen LogP contribution in [0.15, 0.2) is 24.1 Å². The highest BCUT2D eigenvalue weighted by Crippen LogP contribution is 2.25. The van der Waals surface area contributed by atoms with Crippen molar-refractivity contribution >= 4 is 5.57 Å². The van der Waals surface area contributed by atoms with Gasteiger partial charge in [0.15, 0.2) is 5.75 Å². The van der Waals surface area contributed by atoms with Crippen molar-refractivity contribution in [3.63, 3.8) is 0 Å². The molecule has 0 aromatic carbocycles. The first-order valence-electron chi connectivity index (χ1n) is 5.24. The topological polar surface area (TPSA) is 35.0 Å². The zero-order valence-electron chi connectivity index (χ0n) is 10.5. The van der Waals surface area contributed by atoms with Crippen molar-refractivity contribution in [1.29, 1.82) is 0 Å². The Morgan fingerprint density at radius 2 is 1.88 bits per heavy atom. The van der Waals surface area contributed by atoms with E-state index in [1.165, 1.54) is 5.57 Å². The molecule has 0 spiro atoms. The van der Waals surface area contributed by atoms with Crippen LogP contribution in [0, 0.1) is 6.92 Å². The predicted molar refractivity (Wildman–Crippen MR) is 66.4 cm³/mol. The number of allylic oxidation sites excluding steroid dienone is 4. The highest BCUT2D eigenvalue weighted by molar-refractivity contribution is 5.67. The van der Waals surface area contributed by atoms with E-state index in [0.717, 1.165) is 22.7 Å². The fourth-order valence-corrected chi connectivity index (χ4v) is 1.36. The van der Waals surface area contributed by atoms with E-state index >= 15 is 0 Å². The molecule has 0 saturated heterocycles. The quantitative estimate of drug-likeness (QED) is 0.731. The van der Waals surface area contributed by atoms with E-state index in [0.29, 0.717) is 0 Å². The lowest BCUT2D eigenvalue weighted by Gasteiger charge is -2.09. The largest absolute Gasteiger partial charge is 0.493 e. The third kappa shape index (κ3) is 2.92. The van der Waals surface area contributed by atoms with Gasteiger partial charge in [0, 0.05) is 0 Å². The average molecular weight is 218 g/mol. The second kappa shape index (κ2) is 5.45. The fraction of sp³-hybridized carbons (Fsp3) is 0.385. The number of rotatable bonds is 3. The fourth-order valence-electron chi connectivity index (χ4n) is 1.36. The molecule has 1 heterocycles. The number of ether oxygens (including phenoxy) is 1. The van der Waals surface area contributed by atoms with Crippen LogP contribution in [-0.2, 0) is 0 Å². The van der Waals surface area contributed by atoms with E-state index in [1.807, 2.05) is 19.9 Å². The molecule has 16 heavy (non-hydrogen) atoms. The first kappa shape index (κ1) is 12.4. The lowest BCUT2D eigenvalue weighted by Crippen LogP contribution is -1.98. The number of hydrogen-bond donors (Lipinski definition) is 0. The second-order valence-electron chi connectivity index (χ2n) is 3.93. The van der Waals surface area contributed by atoms with E-state index < -0.39 is 0 Å². The van der Waals surface area contributed by atoms with Gasteiger partial charge in [-0.15, -0.1) is 0 Å². The molecule has 0 saturated carbocycles. The van der Waals surface area contributed by atoms with Crippen molar-refractivity contribution in [3.8, 4) is 5.75 Å². The van der Waals surface area contributed by atoms with E-state index in [-0.39, 0.29) is 0 Å². The number of aryl methyl sites for hydroxylation is 1. The van der Waals surface area contributed by atoms with Gasteiger partial charge < -0.3 is 4.74 Å². The van der Waals surface area contributed by atoms with Crippen LogP contribution in [0.5, 0.6) is 5.75 Å². The Morgan fingerprint density at radius 1 is 1.19 bits per heavy atom. The van der Waals surface area contributed by atoms with Crippen molar-refractivity contribution in [3.05, 3.63) is 35.4 Å². The maximum absolute atomic E-state index is 5.32. The maximum atomic E-state index is 5.32. The molecule has 3 nitrogen and oxygen atoms in total. The number of methoxy groups -OCH3 is 1. The monoisotopic (exact) mass is 218 g/mol. The molecule has 0 atom stereocenters. The standard InChI is InChI=1S/C13H18N2O/c1-9(2)6-7-10(3)12-13(16-5)11(4)14-8-15-12/h6-8H,1-5H3. The summed E-state index contributed by atoms with van der Waals surface area (Å²) >= 11 is 0. The summed E-state index contributed by atoms with van der Waals surface area (Å²) in [4.78, 5) is 8.36. The molecule has 0 N–H and O–H groups in total. The van der Waals surface area contributed by atoms with Crippen molar-refractivity contribution in [1.82, 2.24) is 9.97 Å². The smallest absolute Gasteiger partial charge is 0.165 e. The van der Waals surface area contributed by atoms with Crippen molar-refractivity contribution in [2.75, 3.05) is 7.11 Å². The maximum Gasteiger partial charge on any atom is 0.165 e. The summed E-state index contributed by atoms with van der Waals surface area (Å²) in [7, 11) is 1.64. The van der Waals surface area contributed by atoms with Gasteiger partial charge >= 0.3 is 0 Å². The summed E-state index contributed by atoms with van der Waals surface area (Å²) in [5.74, 6) is 0.749. The number of hydrogen-bond acceptors (Lipinski definition) is 3. The summed E-state index contributed by atoms with van der Waals surface area (Å²) in [6, 6.07) is 0. The first-order valence-corrected chi connectivity index (χ1v) is 5.24. The van der Waals surface area contributed by atoms with Gasteiger partial charge in [-0.25, -0.2) is 9.97 Å². The van der Waals surface area contributed by atoms with Crippen molar-refractivity contribution in [2.24, 2.45) is 0 Å². The van der Waals surface area contributed by atoms with E-state index in [2.05, 4.69) is 29.9 Å². The van der Waals surface area contributed by atoms with Gasteiger partial charge in [0.05, 0.1) is 12.8 Å². The molecule has 0 amide bonds. The van der Waals surface area contributed by atoms with Gasteiger partial charge in [-0.3, -0.25) is 0 Å². The molecule has 1 aromatic rings. The van der Waals surface area contributed by atoms with Crippen LogP contribution in [0.1, 0.15) is 32.2 Å². The molecule has 1 aromatic heterocycles. The Balaban J connectivity index is 3.18. The number of nitrogens with zero attached hydrogens (tertiary/aromatic N) is 2. The van der Waals surface area contributed by atoms with Gasteiger partial charge in [0.1, 0.15) is 12.0 Å². The molecule has 0 aliphatic rings. The normalized spacial score (nSPS) is 11.2. The van der Waals surface area contributed by atoms with Crippen molar-refractivity contribution < 1.29 is 4.74 Å². The van der Waals surface area contributed by atoms with E-state index in [4.69, 9.17) is 4.74 Å². The SMILES string of the molecule is COc1c(C)ncnc1C(C)=CC=C(C)C.